The van der Waals surface area contributed by atoms with Gasteiger partial charge in [0, 0.05) is 13.1 Å². The largest absolute Gasteiger partial charge is 0.480 e. The number of hydrogen-bond acceptors (Lipinski definition) is 3. The molecule has 17 heavy (non-hydrogen) atoms. The van der Waals surface area contributed by atoms with Crippen LogP contribution in [0.1, 0.15) is 17.2 Å². The highest BCUT2D eigenvalue weighted by atomic mass is 16.5. The summed E-state index contributed by atoms with van der Waals surface area (Å²) in [6.45, 7) is 4.07. The fraction of sp³-hybridized carbons (Fsp3) is 0.462. The van der Waals surface area contributed by atoms with Crippen molar-refractivity contribution in [2.45, 2.75) is 13.0 Å². The number of aliphatic carboxylic acids is 1. The van der Waals surface area contributed by atoms with Crippen molar-refractivity contribution in [3.63, 3.8) is 0 Å². The minimum Gasteiger partial charge on any atom is -0.480 e. The Kier molecular flexibility index (Phi) is 3.76. The molecule has 1 saturated heterocycles. The van der Waals surface area contributed by atoms with E-state index in [0.29, 0.717) is 19.7 Å². The molecule has 92 valence electrons. The first-order chi connectivity index (χ1) is 8.16. The lowest BCUT2D eigenvalue weighted by Crippen LogP contribution is -2.41. The monoisotopic (exact) mass is 235 g/mol. The number of benzene rings is 1. The van der Waals surface area contributed by atoms with Crippen LogP contribution in [0, 0.1) is 6.92 Å². The van der Waals surface area contributed by atoms with Gasteiger partial charge in [0.05, 0.1) is 19.3 Å². The first-order valence-corrected chi connectivity index (χ1v) is 5.78. The van der Waals surface area contributed by atoms with Gasteiger partial charge in [-0.2, -0.15) is 0 Å². The summed E-state index contributed by atoms with van der Waals surface area (Å²) in [6, 6.07) is 8.08. The minimum absolute atomic E-state index is 0.00991. The van der Waals surface area contributed by atoms with Gasteiger partial charge in [-0.3, -0.25) is 9.69 Å². The third kappa shape index (κ3) is 3.05. The predicted octanol–water partition coefficient (Wildman–Crippen LogP) is 1.45. The number of hydrogen-bond donors (Lipinski definition) is 1. The van der Waals surface area contributed by atoms with Crippen LogP contribution in [-0.4, -0.2) is 42.2 Å². The SMILES string of the molecule is Cc1ccccc1[C@@H]1CN(CC(=O)O)CCO1. The lowest BCUT2D eigenvalue weighted by molar-refractivity contribution is -0.140. The van der Waals surface area contributed by atoms with Gasteiger partial charge >= 0.3 is 5.97 Å². The zero-order chi connectivity index (χ0) is 12.3. The second-order valence-corrected chi connectivity index (χ2v) is 4.34. The molecule has 1 heterocycles. The zero-order valence-electron chi connectivity index (χ0n) is 9.93. The molecule has 1 aromatic rings. The Bertz CT molecular complexity index is 405. The molecule has 1 aromatic carbocycles. The van der Waals surface area contributed by atoms with Crippen molar-refractivity contribution in [3.8, 4) is 0 Å². The fourth-order valence-corrected chi connectivity index (χ4v) is 2.17. The van der Waals surface area contributed by atoms with Gasteiger partial charge in [-0.1, -0.05) is 24.3 Å². The molecule has 0 unspecified atom stereocenters. The van der Waals surface area contributed by atoms with E-state index in [1.807, 2.05) is 23.1 Å². The lowest BCUT2D eigenvalue weighted by atomic mass is 10.0. The molecule has 0 aliphatic carbocycles. The van der Waals surface area contributed by atoms with Crippen LogP contribution >= 0.6 is 0 Å². The molecule has 4 nitrogen and oxygen atoms in total. The van der Waals surface area contributed by atoms with Gasteiger partial charge in [-0.05, 0) is 18.1 Å². The number of nitrogens with zero attached hydrogens (tertiary/aromatic N) is 1. The van der Waals surface area contributed by atoms with Gasteiger partial charge in [0.15, 0.2) is 0 Å². The van der Waals surface area contributed by atoms with Crippen LogP contribution in [0.2, 0.25) is 0 Å². The normalized spacial score (nSPS) is 21.4. The second-order valence-electron chi connectivity index (χ2n) is 4.34. The zero-order valence-corrected chi connectivity index (χ0v) is 9.93. The molecule has 0 amide bonds. The predicted molar refractivity (Wildman–Crippen MR) is 63.9 cm³/mol. The number of rotatable bonds is 3. The number of carboxylic acid groups (broad SMARTS) is 1. The molecule has 0 aromatic heterocycles. The average Bonchev–Trinajstić information content (AvgIpc) is 2.29. The van der Waals surface area contributed by atoms with E-state index in [1.54, 1.807) is 0 Å². The second kappa shape index (κ2) is 5.29. The number of carbonyl (C=O) groups is 1. The average molecular weight is 235 g/mol. The van der Waals surface area contributed by atoms with Crippen LogP contribution < -0.4 is 0 Å². The van der Waals surface area contributed by atoms with E-state index >= 15 is 0 Å². The van der Waals surface area contributed by atoms with Crippen LogP contribution in [0.4, 0.5) is 0 Å². The summed E-state index contributed by atoms with van der Waals surface area (Å²) >= 11 is 0. The summed E-state index contributed by atoms with van der Waals surface area (Å²) in [4.78, 5) is 12.6. The number of ether oxygens (including phenoxy) is 1. The Labute approximate surface area is 101 Å². The van der Waals surface area contributed by atoms with E-state index in [-0.39, 0.29) is 12.6 Å². The van der Waals surface area contributed by atoms with Crippen LogP contribution in [0.3, 0.4) is 0 Å². The van der Waals surface area contributed by atoms with E-state index in [0.717, 1.165) is 5.56 Å². The molecule has 1 aliphatic heterocycles. The Hall–Kier alpha value is -1.39. The molecule has 1 N–H and O–H groups in total. The molecule has 4 heteroatoms. The summed E-state index contributed by atoms with van der Waals surface area (Å²) in [6.07, 6.45) is -0.00991. The molecule has 0 spiro atoms. The molecule has 0 bridgehead atoms. The maximum atomic E-state index is 10.7. The van der Waals surface area contributed by atoms with Gasteiger partial charge in [0.25, 0.3) is 0 Å². The third-order valence-electron chi connectivity index (χ3n) is 3.04. The Balaban J connectivity index is 2.07. The van der Waals surface area contributed by atoms with Crippen LogP contribution in [0.25, 0.3) is 0 Å². The van der Waals surface area contributed by atoms with E-state index < -0.39 is 5.97 Å². The topological polar surface area (TPSA) is 49.8 Å². The molecule has 2 rings (SSSR count). The van der Waals surface area contributed by atoms with Crippen LogP contribution in [0.5, 0.6) is 0 Å². The van der Waals surface area contributed by atoms with Crippen molar-refractivity contribution in [3.05, 3.63) is 35.4 Å². The van der Waals surface area contributed by atoms with E-state index in [9.17, 15) is 4.79 Å². The van der Waals surface area contributed by atoms with E-state index in [1.165, 1.54) is 5.56 Å². The summed E-state index contributed by atoms with van der Waals surface area (Å²) in [5.41, 5.74) is 2.34. The standard InChI is InChI=1S/C13H17NO3/c1-10-4-2-3-5-11(10)12-8-14(6-7-17-12)9-13(15)16/h2-5,12H,6-9H2,1H3,(H,15,16)/t12-/m0/s1. The van der Waals surface area contributed by atoms with Gasteiger partial charge in [0.2, 0.25) is 0 Å². The third-order valence-corrected chi connectivity index (χ3v) is 3.04. The highest BCUT2D eigenvalue weighted by Crippen LogP contribution is 2.24. The first kappa shape index (κ1) is 12.1. The van der Waals surface area contributed by atoms with Gasteiger partial charge in [-0.15, -0.1) is 0 Å². The maximum Gasteiger partial charge on any atom is 0.317 e. The Morgan fingerprint density at radius 2 is 2.29 bits per heavy atom. The number of morpholine rings is 1. The minimum atomic E-state index is -0.782. The Morgan fingerprint density at radius 3 is 3.00 bits per heavy atom. The quantitative estimate of drug-likeness (QED) is 0.861. The smallest absolute Gasteiger partial charge is 0.317 e. The molecule has 1 atom stereocenters. The van der Waals surface area contributed by atoms with Crippen molar-refractivity contribution in [2.24, 2.45) is 0 Å². The van der Waals surface area contributed by atoms with Crippen molar-refractivity contribution in [2.75, 3.05) is 26.2 Å². The van der Waals surface area contributed by atoms with E-state index in [2.05, 4.69) is 13.0 Å². The fourth-order valence-electron chi connectivity index (χ4n) is 2.17. The summed E-state index contributed by atoms with van der Waals surface area (Å²) < 4.78 is 5.72. The lowest BCUT2D eigenvalue weighted by Gasteiger charge is -2.32. The molecular weight excluding hydrogens is 218 g/mol. The number of aryl methyl sites for hydroxylation is 1. The maximum absolute atomic E-state index is 10.7. The summed E-state index contributed by atoms with van der Waals surface area (Å²) in [5.74, 6) is -0.782. The summed E-state index contributed by atoms with van der Waals surface area (Å²) in [5, 5.41) is 8.79. The summed E-state index contributed by atoms with van der Waals surface area (Å²) in [7, 11) is 0. The molecule has 0 saturated carbocycles. The molecule has 1 aliphatic rings. The number of carboxylic acids is 1. The molecule has 0 radical (unpaired) electrons. The molecule has 1 fully saturated rings. The van der Waals surface area contributed by atoms with Gasteiger partial charge in [0.1, 0.15) is 0 Å². The van der Waals surface area contributed by atoms with Crippen molar-refractivity contribution >= 4 is 5.97 Å². The highest BCUT2D eigenvalue weighted by molar-refractivity contribution is 5.69. The Morgan fingerprint density at radius 1 is 1.53 bits per heavy atom. The van der Waals surface area contributed by atoms with Crippen molar-refractivity contribution < 1.29 is 14.6 Å². The van der Waals surface area contributed by atoms with E-state index in [4.69, 9.17) is 9.84 Å². The first-order valence-electron chi connectivity index (χ1n) is 5.78. The molecular formula is C13H17NO3. The van der Waals surface area contributed by atoms with Crippen LogP contribution in [-0.2, 0) is 9.53 Å². The highest BCUT2D eigenvalue weighted by Gasteiger charge is 2.23. The van der Waals surface area contributed by atoms with Crippen LogP contribution in [0.15, 0.2) is 24.3 Å². The van der Waals surface area contributed by atoms with Crippen molar-refractivity contribution in [1.82, 2.24) is 4.90 Å². The van der Waals surface area contributed by atoms with Gasteiger partial charge < -0.3 is 9.84 Å². The van der Waals surface area contributed by atoms with Crippen molar-refractivity contribution in [1.29, 1.82) is 0 Å². The van der Waals surface area contributed by atoms with Gasteiger partial charge in [-0.25, -0.2) is 0 Å².